The van der Waals surface area contributed by atoms with E-state index in [1.165, 1.54) is 10.6 Å². The van der Waals surface area contributed by atoms with Gasteiger partial charge in [0.25, 0.3) is 15.7 Å². The third kappa shape index (κ3) is 3.33. The molecule has 0 bridgehead atoms. The monoisotopic (exact) mass is 275 g/mol. The van der Waals surface area contributed by atoms with Gasteiger partial charge >= 0.3 is 0 Å². The standard InChI is InChI=1S/C11H17NO5S/c1-7(2)12-10(13)6-8(3)9(11(12)14)4-5-18(15,16)17/h6-7,13H,4-5H2,1-3H3,(H,15,16,17). The molecular weight excluding hydrogens is 258 g/mol. The van der Waals surface area contributed by atoms with Gasteiger partial charge in [-0.3, -0.25) is 13.9 Å². The van der Waals surface area contributed by atoms with Crippen LogP contribution in [-0.4, -0.2) is 28.4 Å². The van der Waals surface area contributed by atoms with E-state index >= 15 is 0 Å². The summed E-state index contributed by atoms with van der Waals surface area (Å²) in [5.41, 5.74) is 0.378. The topological polar surface area (TPSA) is 96.6 Å². The zero-order chi connectivity index (χ0) is 14.1. The minimum Gasteiger partial charge on any atom is -0.494 e. The fourth-order valence-electron chi connectivity index (χ4n) is 1.80. The van der Waals surface area contributed by atoms with E-state index in [0.29, 0.717) is 11.1 Å². The van der Waals surface area contributed by atoms with Crippen molar-refractivity contribution in [2.24, 2.45) is 0 Å². The van der Waals surface area contributed by atoms with Crippen molar-refractivity contribution in [3.05, 3.63) is 27.5 Å². The number of aromatic hydroxyl groups is 1. The summed E-state index contributed by atoms with van der Waals surface area (Å²) in [5.74, 6) is -0.658. The average Bonchev–Trinajstić information content (AvgIpc) is 2.13. The Hall–Kier alpha value is -1.34. The van der Waals surface area contributed by atoms with Crippen molar-refractivity contribution < 1.29 is 18.1 Å². The molecule has 0 aliphatic rings. The molecule has 0 aliphatic carbocycles. The second-order valence-electron chi connectivity index (χ2n) is 4.47. The minimum atomic E-state index is -4.11. The summed E-state index contributed by atoms with van der Waals surface area (Å²) in [7, 11) is -4.11. The van der Waals surface area contributed by atoms with Gasteiger partial charge in [0, 0.05) is 17.7 Å². The first kappa shape index (κ1) is 14.7. The van der Waals surface area contributed by atoms with Crippen LogP contribution in [0.15, 0.2) is 10.9 Å². The van der Waals surface area contributed by atoms with E-state index in [2.05, 4.69) is 0 Å². The lowest BCUT2D eigenvalue weighted by atomic mass is 10.1. The maximum absolute atomic E-state index is 12.1. The lowest BCUT2D eigenvalue weighted by Gasteiger charge is -2.15. The van der Waals surface area contributed by atoms with Crippen molar-refractivity contribution in [1.82, 2.24) is 4.57 Å². The van der Waals surface area contributed by atoms with Crippen LogP contribution in [-0.2, 0) is 16.5 Å². The molecule has 0 fully saturated rings. The van der Waals surface area contributed by atoms with E-state index in [1.54, 1.807) is 20.8 Å². The van der Waals surface area contributed by atoms with E-state index in [9.17, 15) is 18.3 Å². The number of nitrogens with zero attached hydrogens (tertiary/aromatic N) is 1. The van der Waals surface area contributed by atoms with Crippen LogP contribution in [0.4, 0.5) is 0 Å². The highest BCUT2D eigenvalue weighted by Crippen LogP contribution is 2.17. The van der Waals surface area contributed by atoms with Crippen molar-refractivity contribution in [3.63, 3.8) is 0 Å². The van der Waals surface area contributed by atoms with E-state index in [0.717, 1.165) is 0 Å². The zero-order valence-electron chi connectivity index (χ0n) is 10.5. The second-order valence-corrected chi connectivity index (χ2v) is 6.04. The lowest BCUT2D eigenvalue weighted by molar-refractivity contribution is 0.386. The summed E-state index contributed by atoms with van der Waals surface area (Å²) in [6.45, 7) is 5.09. The Morgan fingerprint density at radius 3 is 2.39 bits per heavy atom. The van der Waals surface area contributed by atoms with Crippen LogP contribution in [0.2, 0.25) is 0 Å². The number of rotatable bonds is 4. The molecule has 7 heteroatoms. The highest BCUT2D eigenvalue weighted by Gasteiger charge is 2.16. The highest BCUT2D eigenvalue weighted by atomic mass is 32.2. The Kier molecular flexibility index (Phi) is 4.18. The molecule has 6 nitrogen and oxygen atoms in total. The van der Waals surface area contributed by atoms with Gasteiger partial charge in [-0.25, -0.2) is 0 Å². The van der Waals surface area contributed by atoms with Gasteiger partial charge in [-0.1, -0.05) is 0 Å². The summed E-state index contributed by atoms with van der Waals surface area (Å²) in [6.07, 6.45) is -0.0729. The molecule has 0 amide bonds. The largest absolute Gasteiger partial charge is 0.494 e. The summed E-state index contributed by atoms with van der Waals surface area (Å²) in [5, 5.41) is 9.69. The summed E-state index contributed by atoms with van der Waals surface area (Å²) in [4.78, 5) is 12.1. The molecule has 0 spiro atoms. The van der Waals surface area contributed by atoms with Crippen LogP contribution < -0.4 is 5.56 Å². The van der Waals surface area contributed by atoms with Crippen LogP contribution in [0.1, 0.15) is 31.0 Å². The summed E-state index contributed by atoms with van der Waals surface area (Å²) in [6, 6.07) is 1.18. The van der Waals surface area contributed by atoms with Crippen molar-refractivity contribution in [2.45, 2.75) is 33.2 Å². The lowest BCUT2D eigenvalue weighted by Crippen LogP contribution is -2.27. The average molecular weight is 275 g/mol. The maximum atomic E-state index is 12.1. The number of hydrogen-bond donors (Lipinski definition) is 2. The smallest absolute Gasteiger partial charge is 0.265 e. The first-order valence-corrected chi connectivity index (χ1v) is 7.13. The van der Waals surface area contributed by atoms with Gasteiger partial charge in [0.05, 0.1) is 5.75 Å². The molecule has 1 heterocycles. The van der Waals surface area contributed by atoms with Crippen molar-refractivity contribution in [3.8, 4) is 5.88 Å². The Morgan fingerprint density at radius 2 is 1.94 bits per heavy atom. The molecule has 1 rings (SSSR count). The van der Waals surface area contributed by atoms with E-state index in [1.807, 2.05) is 0 Å². The fourth-order valence-corrected chi connectivity index (χ4v) is 2.26. The van der Waals surface area contributed by atoms with Crippen molar-refractivity contribution >= 4 is 10.1 Å². The van der Waals surface area contributed by atoms with Gasteiger partial charge in [0.2, 0.25) is 0 Å². The Bertz CT molecular complexity index is 601. The van der Waals surface area contributed by atoms with Gasteiger partial charge in [0.15, 0.2) is 5.88 Å². The molecule has 0 unspecified atom stereocenters. The molecule has 0 atom stereocenters. The van der Waals surface area contributed by atoms with Gasteiger partial charge < -0.3 is 5.11 Å². The zero-order valence-corrected chi connectivity index (χ0v) is 11.4. The number of hydrogen-bond acceptors (Lipinski definition) is 4. The van der Waals surface area contributed by atoms with Crippen LogP contribution in [0.3, 0.4) is 0 Å². The number of aromatic nitrogens is 1. The molecule has 0 radical (unpaired) electrons. The Labute approximate surface area is 106 Å². The molecular formula is C11H17NO5S. The molecule has 0 aromatic carbocycles. The molecule has 1 aromatic rings. The molecule has 102 valence electrons. The quantitative estimate of drug-likeness (QED) is 0.795. The molecule has 2 N–H and O–H groups in total. The van der Waals surface area contributed by atoms with E-state index in [-0.39, 0.29) is 18.3 Å². The first-order valence-electron chi connectivity index (χ1n) is 5.52. The number of pyridine rings is 1. The first-order chi connectivity index (χ1) is 8.13. The van der Waals surface area contributed by atoms with Crippen LogP contribution in [0.5, 0.6) is 5.88 Å². The van der Waals surface area contributed by atoms with Gasteiger partial charge in [-0.2, -0.15) is 8.42 Å². The minimum absolute atomic E-state index is 0.0729. The van der Waals surface area contributed by atoms with Gasteiger partial charge in [0.1, 0.15) is 0 Å². The Morgan fingerprint density at radius 1 is 1.39 bits per heavy atom. The van der Waals surface area contributed by atoms with E-state index < -0.39 is 21.4 Å². The third-order valence-electron chi connectivity index (χ3n) is 2.67. The van der Waals surface area contributed by atoms with Crippen molar-refractivity contribution in [1.29, 1.82) is 0 Å². The molecule has 18 heavy (non-hydrogen) atoms. The SMILES string of the molecule is Cc1cc(O)n(C(C)C)c(=O)c1CCS(=O)(=O)O. The predicted molar refractivity (Wildman–Crippen MR) is 67.6 cm³/mol. The van der Waals surface area contributed by atoms with Crippen LogP contribution >= 0.6 is 0 Å². The predicted octanol–water partition coefficient (Wildman–Crippen LogP) is 0.874. The van der Waals surface area contributed by atoms with E-state index in [4.69, 9.17) is 4.55 Å². The molecule has 0 saturated carbocycles. The van der Waals surface area contributed by atoms with Crippen LogP contribution in [0.25, 0.3) is 0 Å². The second kappa shape index (κ2) is 5.11. The summed E-state index contributed by atoms with van der Waals surface area (Å²) < 4.78 is 31.3. The van der Waals surface area contributed by atoms with Gasteiger partial charge in [-0.05, 0) is 32.8 Å². The third-order valence-corrected chi connectivity index (χ3v) is 3.39. The highest BCUT2D eigenvalue weighted by molar-refractivity contribution is 7.85. The molecule has 0 saturated heterocycles. The normalized spacial score (nSPS) is 12.1. The number of aryl methyl sites for hydroxylation is 1. The van der Waals surface area contributed by atoms with Crippen LogP contribution in [0, 0.1) is 6.92 Å². The summed E-state index contributed by atoms with van der Waals surface area (Å²) >= 11 is 0. The maximum Gasteiger partial charge on any atom is 0.265 e. The van der Waals surface area contributed by atoms with Crippen molar-refractivity contribution in [2.75, 3.05) is 5.75 Å². The molecule has 1 aromatic heterocycles. The van der Waals surface area contributed by atoms with Gasteiger partial charge in [-0.15, -0.1) is 0 Å². The molecule has 0 aliphatic heterocycles. The fraction of sp³-hybridized carbons (Fsp3) is 0.545. The Balaban J connectivity index is 3.29.